The number of quaternary nitrogens is 2. The van der Waals surface area contributed by atoms with Gasteiger partial charge in [0.15, 0.2) is 6.54 Å². The van der Waals surface area contributed by atoms with Crippen molar-refractivity contribution in [3.05, 3.63) is 12.2 Å². The second-order valence-electron chi connectivity index (χ2n) is 7.78. The van der Waals surface area contributed by atoms with E-state index in [0.29, 0.717) is 34.0 Å². The Morgan fingerprint density at radius 1 is 1.12 bits per heavy atom. The molecule has 0 aliphatic carbocycles. The Bertz CT molecular complexity index is 584. The van der Waals surface area contributed by atoms with E-state index in [-0.39, 0.29) is 20.3 Å². The quantitative estimate of drug-likeness (QED) is 0.235. The first-order valence-corrected chi connectivity index (χ1v) is 9.68. The molecule has 0 amide bonds. The molecule has 26 heavy (non-hydrogen) atoms. The van der Waals surface area contributed by atoms with Gasteiger partial charge in [-0.15, -0.1) is 0 Å². The van der Waals surface area contributed by atoms with E-state index in [1.54, 1.807) is 6.92 Å². The minimum Gasteiger partial charge on any atom is -0.477 e. The number of carboxylic acid groups (broad SMARTS) is 1. The Morgan fingerprint density at radius 2 is 1.62 bits per heavy atom. The number of esters is 1. The van der Waals surface area contributed by atoms with E-state index < -0.39 is 22.1 Å². The van der Waals surface area contributed by atoms with Gasteiger partial charge in [0.2, 0.25) is 0 Å². The molecule has 0 aliphatic heterocycles. The molecule has 0 fully saturated rings. The van der Waals surface area contributed by atoms with Crippen LogP contribution in [0, 0.1) is 0 Å². The van der Waals surface area contributed by atoms with Gasteiger partial charge in [-0.2, -0.15) is 8.42 Å². The van der Waals surface area contributed by atoms with Gasteiger partial charge < -0.3 is 18.8 Å². The van der Waals surface area contributed by atoms with Crippen LogP contribution in [0.25, 0.3) is 0 Å². The number of nitrogens with zero attached hydrogens (tertiary/aromatic N) is 2. The summed E-state index contributed by atoms with van der Waals surface area (Å²) in [6.07, 6.45) is 0.361. The first-order chi connectivity index (χ1) is 11.5. The van der Waals surface area contributed by atoms with Crippen molar-refractivity contribution in [1.29, 1.82) is 0 Å². The van der Waals surface area contributed by atoms with Gasteiger partial charge in [-0.1, -0.05) is 6.58 Å². The molecule has 0 spiro atoms. The average Bonchev–Trinajstić information content (AvgIpc) is 2.33. The zero-order valence-electron chi connectivity index (χ0n) is 17.7. The molecule has 0 rings (SSSR count). The molecule has 0 unspecified atom stereocenters. The van der Waals surface area contributed by atoms with Gasteiger partial charge in [0, 0.05) is 12.0 Å². The summed E-state index contributed by atoms with van der Waals surface area (Å²) in [5.74, 6) is -1.43. The molecule has 0 saturated heterocycles. The molecule has 0 radical (unpaired) electrons. The number of ether oxygens (including phenoxy) is 1. The van der Waals surface area contributed by atoms with Crippen molar-refractivity contribution in [3.63, 3.8) is 0 Å². The Labute approximate surface area is 158 Å². The monoisotopic (exact) mass is 399 g/mol. The summed E-state index contributed by atoms with van der Waals surface area (Å²) >= 11 is 0. The molecular weight excluding hydrogens is 364 g/mol. The molecule has 0 atom stereocenters. The van der Waals surface area contributed by atoms with Crippen LogP contribution in [0.5, 0.6) is 0 Å². The number of hydrogen-bond donors (Lipinski definition) is 2. The fourth-order valence-corrected chi connectivity index (χ4v) is 2.20. The van der Waals surface area contributed by atoms with Gasteiger partial charge >= 0.3 is 13.4 Å². The Balaban J connectivity index is -0.000000542. The SMILES string of the molecule is C=C(C)C(=O)OCC[N+](C)(C)CCCS(=O)(=O)O.C[N+](C)(C)CC(=O)O.[H+]. The molecule has 0 aromatic carbocycles. The van der Waals surface area contributed by atoms with E-state index >= 15 is 0 Å². The first-order valence-electron chi connectivity index (χ1n) is 8.07. The van der Waals surface area contributed by atoms with E-state index in [2.05, 4.69) is 6.58 Å². The van der Waals surface area contributed by atoms with Crippen LogP contribution in [0.1, 0.15) is 14.8 Å². The maximum absolute atomic E-state index is 11.1. The summed E-state index contributed by atoms with van der Waals surface area (Å²) in [5, 5.41) is 8.23. The summed E-state index contributed by atoms with van der Waals surface area (Å²) in [4.78, 5) is 21.1. The molecule has 10 heteroatoms. The molecule has 2 N–H and O–H groups in total. The molecule has 0 aromatic heterocycles. The summed E-state index contributed by atoms with van der Waals surface area (Å²) in [6, 6.07) is 0. The third-order valence-electron chi connectivity index (χ3n) is 3.05. The predicted octanol–water partition coefficient (Wildman–Crippen LogP) is 0.350. The first kappa shape index (κ1) is 26.7. The highest BCUT2D eigenvalue weighted by Gasteiger charge is 2.17. The van der Waals surface area contributed by atoms with Crippen LogP contribution in [0.4, 0.5) is 0 Å². The molecule has 154 valence electrons. The van der Waals surface area contributed by atoms with Crippen molar-refractivity contribution in [2.75, 3.05) is 67.2 Å². The smallest absolute Gasteiger partial charge is 0.477 e. The lowest BCUT2D eigenvalue weighted by atomic mass is 10.3. The fraction of sp³-hybridized carbons (Fsp3) is 0.750. The summed E-state index contributed by atoms with van der Waals surface area (Å²) < 4.78 is 35.7. The maximum Gasteiger partial charge on any atom is 1.00 e. The second-order valence-corrected chi connectivity index (χ2v) is 9.35. The van der Waals surface area contributed by atoms with Gasteiger partial charge in [-0.3, -0.25) is 4.55 Å². The Kier molecular flexibility index (Phi) is 11.6. The highest BCUT2D eigenvalue weighted by molar-refractivity contribution is 7.85. The number of rotatable bonds is 10. The topological polar surface area (TPSA) is 118 Å². The van der Waals surface area contributed by atoms with Crippen LogP contribution in [-0.2, 0) is 24.4 Å². The summed E-state index contributed by atoms with van der Waals surface area (Å²) in [6.45, 7) is 6.63. The number of aliphatic carboxylic acids is 1. The zero-order chi connectivity index (χ0) is 21.2. The summed E-state index contributed by atoms with van der Waals surface area (Å²) in [7, 11) is 5.43. The van der Waals surface area contributed by atoms with Crippen molar-refractivity contribution in [3.8, 4) is 0 Å². The van der Waals surface area contributed by atoms with Gasteiger partial charge in [0.25, 0.3) is 10.1 Å². The molecule has 0 heterocycles. The van der Waals surface area contributed by atoms with Crippen molar-refractivity contribution >= 4 is 22.1 Å². The largest absolute Gasteiger partial charge is 1.00 e. The zero-order valence-corrected chi connectivity index (χ0v) is 17.5. The number of carbonyl (C=O) groups excluding carboxylic acids is 1. The van der Waals surface area contributed by atoms with Gasteiger partial charge in [0.1, 0.15) is 13.2 Å². The van der Waals surface area contributed by atoms with Crippen molar-refractivity contribution in [2.24, 2.45) is 0 Å². The highest BCUT2D eigenvalue weighted by Crippen LogP contribution is 2.02. The lowest BCUT2D eigenvalue weighted by molar-refractivity contribution is -0.890. The molecule has 0 saturated carbocycles. The minimum atomic E-state index is -3.90. The number of hydrogen-bond acceptors (Lipinski definition) is 5. The summed E-state index contributed by atoms with van der Waals surface area (Å²) in [5.41, 5.74) is 0.353. The van der Waals surface area contributed by atoms with Crippen LogP contribution in [-0.4, -0.2) is 106 Å². The lowest BCUT2D eigenvalue weighted by Gasteiger charge is -2.29. The second kappa shape index (κ2) is 11.3. The van der Waals surface area contributed by atoms with E-state index in [1.165, 1.54) is 0 Å². The Morgan fingerprint density at radius 3 is 1.92 bits per heavy atom. The van der Waals surface area contributed by atoms with Crippen molar-refractivity contribution < 1.29 is 42.8 Å². The highest BCUT2D eigenvalue weighted by atomic mass is 32.2. The number of carboxylic acids is 1. The molecule has 0 bridgehead atoms. The van der Waals surface area contributed by atoms with Crippen LogP contribution in [0.3, 0.4) is 0 Å². The number of likely N-dealkylation sites (N-methyl/N-ethyl adjacent to an activating group) is 2. The van der Waals surface area contributed by atoms with Gasteiger partial charge in [-0.25, -0.2) is 9.59 Å². The van der Waals surface area contributed by atoms with E-state index in [9.17, 15) is 18.0 Å². The van der Waals surface area contributed by atoms with E-state index in [4.69, 9.17) is 14.4 Å². The third-order valence-corrected chi connectivity index (χ3v) is 3.86. The van der Waals surface area contributed by atoms with Crippen LogP contribution in [0.2, 0.25) is 0 Å². The maximum atomic E-state index is 11.1. The van der Waals surface area contributed by atoms with Crippen LogP contribution < -0.4 is 0 Å². The van der Waals surface area contributed by atoms with Gasteiger partial charge in [0.05, 0.1) is 47.5 Å². The van der Waals surface area contributed by atoms with Crippen LogP contribution in [0.15, 0.2) is 12.2 Å². The predicted molar refractivity (Wildman–Crippen MR) is 100 cm³/mol. The normalized spacial score (nSPS) is 12.0. The van der Waals surface area contributed by atoms with E-state index in [0.717, 1.165) is 0 Å². The lowest BCUT2D eigenvalue weighted by Crippen LogP contribution is -2.43. The average molecular weight is 400 g/mol. The molecule has 0 aromatic rings. The Hall–Kier alpha value is -1.49. The molecule has 9 nitrogen and oxygen atoms in total. The van der Waals surface area contributed by atoms with Crippen molar-refractivity contribution in [2.45, 2.75) is 13.3 Å². The van der Waals surface area contributed by atoms with Gasteiger partial charge in [-0.05, 0) is 6.92 Å². The molecular formula is C16H35N2O7S+3. The fourth-order valence-electron chi connectivity index (χ4n) is 1.70. The third kappa shape index (κ3) is 20.6. The van der Waals surface area contributed by atoms with Crippen LogP contribution >= 0.6 is 0 Å². The standard InChI is InChI=1S/C11H21NO5S.C5H11NO2/c1-10(2)11(13)17-8-7-12(3,4)6-5-9-18(14,15)16;1-6(2,3)4-5(7)8/h1,5-9H2,2-4H3;4H2,1-3H3/p+3. The minimum absolute atomic E-state index is 0. The molecule has 0 aliphatic rings. The number of carbonyl (C=O) groups is 2. The van der Waals surface area contributed by atoms with Crippen molar-refractivity contribution in [1.82, 2.24) is 0 Å². The van der Waals surface area contributed by atoms with E-state index in [1.807, 2.05) is 35.2 Å².